The minimum atomic E-state index is -0.0466. The average Bonchev–Trinajstić information content (AvgIpc) is 2.95. The van der Waals surface area contributed by atoms with E-state index in [-0.39, 0.29) is 11.9 Å². The molecule has 2 saturated heterocycles. The van der Waals surface area contributed by atoms with Crippen LogP contribution < -0.4 is 10.6 Å². The molecule has 0 saturated carbocycles. The van der Waals surface area contributed by atoms with E-state index in [0.717, 1.165) is 24.4 Å². The lowest BCUT2D eigenvalue weighted by Gasteiger charge is -2.28. The topological polar surface area (TPSA) is 54.3 Å². The van der Waals surface area contributed by atoms with E-state index in [1.54, 1.807) is 0 Å². The molecule has 3 heterocycles. The number of nitrogens with one attached hydrogen (secondary N) is 2. The van der Waals surface area contributed by atoms with Gasteiger partial charge in [-0.2, -0.15) is 0 Å². The van der Waals surface area contributed by atoms with E-state index in [2.05, 4.69) is 10.6 Å². The van der Waals surface area contributed by atoms with Crippen molar-refractivity contribution in [3.63, 3.8) is 0 Å². The minimum Gasteiger partial charge on any atom is -0.464 e. The van der Waals surface area contributed by atoms with E-state index in [1.165, 1.54) is 12.8 Å². The van der Waals surface area contributed by atoms with Crippen molar-refractivity contribution in [1.29, 1.82) is 0 Å². The summed E-state index contributed by atoms with van der Waals surface area (Å²) in [6.07, 6.45) is 5.52. The SMILES string of the molecule is Cc1ccc(C(C)NC(=O)CC2CC3CCC(C2)N3)o1. The highest BCUT2D eigenvalue weighted by atomic mass is 16.3. The lowest BCUT2D eigenvalue weighted by Crippen LogP contribution is -2.40. The zero-order valence-corrected chi connectivity index (χ0v) is 12.3. The Kier molecular flexibility index (Phi) is 3.83. The molecule has 20 heavy (non-hydrogen) atoms. The van der Waals surface area contributed by atoms with E-state index in [9.17, 15) is 4.79 Å². The number of hydrogen-bond donors (Lipinski definition) is 2. The van der Waals surface area contributed by atoms with Crippen LogP contribution in [0.5, 0.6) is 0 Å². The van der Waals surface area contributed by atoms with Gasteiger partial charge in [-0.1, -0.05) is 0 Å². The van der Waals surface area contributed by atoms with Crippen LogP contribution in [0.25, 0.3) is 0 Å². The predicted molar refractivity (Wildman–Crippen MR) is 77.3 cm³/mol. The molecule has 0 spiro atoms. The smallest absolute Gasteiger partial charge is 0.220 e. The van der Waals surface area contributed by atoms with Crippen molar-refractivity contribution in [2.24, 2.45) is 5.92 Å². The summed E-state index contributed by atoms with van der Waals surface area (Å²) in [5.74, 6) is 2.41. The monoisotopic (exact) mass is 276 g/mol. The van der Waals surface area contributed by atoms with Gasteiger partial charge in [0.15, 0.2) is 0 Å². The van der Waals surface area contributed by atoms with Crippen LogP contribution in [0.2, 0.25) is 0 Å². The molecule has 1 aromatic rings. The summed E-state index contributed by atoms with van der Waals surface area (Å²) in [4.78, 5) is 12.2. The van der Waals surface area contributed by atoms with E-state index in [4.69, 9.17) is 4.42 Å². The molecule has 0 aromatic carbocycles. The van der Waals surface area contributed by atoms with Crippen molar-refractivity contribution in [2.75, 3.05) is 0 Å². The van der Waals surface area contributed by atoms with Gasteiger partial charge < -0.3 is 15.1 Å². The maximum absolute atomic E-state index is 12.2. The molecule has 2 bridgehead atoms. The van der Waals surface area contributed by atoms with Gasteiger partial charge >= 0.3 is 0 Å². The molecular formula is C16H24N2O2. The molecule has 1 amide bonds. The Morgan fingerprint density at radius 3 is 2.70 bits per heavy atom. The summed E-state index contributed by atoms with van der Waals surface area (Å²) in [7, 11) is 0. The highest BCUT2D eigenvalue weighted by Gasteiger charge is 2.34. The molecule has 3 rings (SSSR count). The van der Waals surface area contributed by atoms with Crippen LogP contribution in [-0.4, -0.2) is 18.0 Å². The van der Waals surface area contributed by atoms with Gasteiger partial charge in [0.05, 0.1) is 6.04 Å². The van der Waals surface area contributed by atoms with Gasteiger partial charge in [0.2, 0.25) is 5.91 Å². The fourth-order valence-electron chi connectivity index (χ4n) is 3.66. The molecule has 2 aliphatic heterocycles. The Bertz CT molecular complexity index is 471. The van der Waals surface area contributed by atoms with Crippen molar-refractivity contribution < 1.29 is 9.21 Å². The second-order valence-electron chi connectivity index (χ2n) is 6.42. The second-order valence-corrected chi connectivity index (χ2v) is 6.42. The maximum Gasteiger partial charge on any atom is 0.220 e. The number of rotatable bonds is 4. The third kappa shape index (κ3) is 3.06. The van der Waals surface area contributed by atoms with Crippen LogP contribution in [0.3, 0.4) is 0 Å². The van der Waals surface area contributed by atoms with Gasteiger partial charge in [-0.15, -0.1) is 0 Å². The van der Waals surface area contributed by atoms with E-state index in [1.807, 2.05) is 26.0 Å². The number of carbonyl (C=O) groups excluding carboxylic acids is 1. The van der Waals surface area contributed by atoms with E-state index >= 15 is 0 Å². The Balaban J connectivity index is 1.49. The average molecular weight is 276 g/mol. The van der Waals surface area contributed by atoms with E-state index < -0.39 is 0 Å². The number of furan rings is 1. The first-order valence-electron chi connectivity index (χ1n) is 7.72. The third-order valence-electron chi connectivity index (χ3n) is 4.61. The van der Waals surface area contributed by atoms with Crippen LogP contribution in [0, 0.1) is 12.8 Å². The molecule has 3 atom stereocenters. The number of aryl methyl sites for hydroxylation is 1. The Morgan fingerprint density at radius 1 is 1.40 bits per heavy atom. The fourth-order valence-corrected chi connectivity index (χ4v) is 3.66. The first-order chi connectivity index (χ1) is 9.60. The summed E-state index contributed by atoms with van der Waals surface area (Å²) in [6, 6.07) is 5.12. The molecule has 2 N–H and O–H groups in total. The quantitative estimate of drug-likeness (QED) is 0.889. The lowest BCUT2D eigenvalue weighted by atomic mass is 9.89. The molecule has 4 heteroatoms. The van der Waals surface area contributed by atoms with Gasteiger partial charge in [0.25, 0.3) is 0 Å². The number of piperidine rings is 1. The maximum atomic E-state index is 12.2. The first kappa shape index (κ1) is 13.7. The van der Waals surface area contributed by atoms with Crippen LogP contribution in [0.1, 0.15) is 56.6 Å². The minimum absolute atomic E-state index is 0.0466. The Hall–Kier alpha value is -1.29. The Labute approximate surface area is 120 Å². The van der Waals surface area contributed by atoms with Crippen LogP contribution in [-0.2, 0) is 4.79 Å². The van der Waals surface area contributed by atoms with Crippen molar-refractivity contribution in [3.8, 4) is 0 Å². The summed E-state index contributed by atoms with van der Waals surface area (Å²) >= 11 is 0. The molecule has 110 valence electrons. The van der Waals surface area contributed by atoms with Crippen molar-refractivity contribution >= 4 is 5.91 Å². The predicted octanol–water partition coefficient (Wildman–Crippen LogP) is 2.69. The number of carbonyl (C=O) groups is 1. The largest absolute Gasteiger partial charge is 0.464 e. The highest BCUT2D eigenvalue weighted by molar-refractivity contribution is 5.76. The molecular weight excluding hydrogens is 252 g/mol. The molecule has 2 fully saturated rings. The number of amides is 1. The van der Waals surface area contributed by atoms with Crippen molar-refractivity contribution in [2.45, 2.75) is 64.1 Å². The van der Waals surface area contributed by atoms with Gasteiger partial charge in [-0.3, -0.25) is 4.79 Å². The molecule has 0 aliphatic carbocycles. The normalized spacial score (nSPS) is 30.2. The van der Waals surface area contributed by atoms with Crippen LogP contribution in [0.4, 0.5) is 0 Å². The van der Waals surface area contributed by atoms with Gasteiger partial charge in [-0.05, 0) is 57.6 Å². The summed E-state index contributed by atoms with van der Waals surface area (Å²) < 4.78 is 5.56. The van der Waals surface area contributed by atoms with Gasteiger partial charge in [-0.25, -0.2) is 0 Å². The zero-order chi connectivity index (χ0) is 14.1. The Morgan fingerprint density at radius 2 is 2.10 bits per heavy atom. The molecule has 0 radical (unpaired) electrons. The lowest BCUT2D eigenvalue weighted by molar-refractivity contribution is -0.123. The van der Waals surface area contributed by atoms with E-state index in [0.29, 0.717) is 24.4 Å². The fraction of sp³-hybridized carbons (Fsp3) is 0.688. The van der Waals surface area contributed by atoms with Crippen molar-refractivity contribution in [1.82, 2.24) is 10.6 Å². The number of hydrogen-bond acceptors (Lipinski definition) is 3. The van der Waals surface area contributed by atoms with Crippen LogP contribution in [0.15, 0.2) is 16.5 Å². The molecule has 1 aromatic heterocycles. The zero-order valence-electron chi connectivity index (χ0n) is 12.3. The molecule has 2 aliphatic rings. The summed E-state index contributed by atoms with van der Waals surface area (Å²) in [5, 5.41) is 6.67. The number of fused-ring (bicyclic) bond motifs is 2. The molecule has 4 nitrogen and oxygen atoms in total. The molecule has 3 unspecified atom stereocenters. The standard InChI is InChI=1S/C16H24N2O2/c1-10-3-6-15(20-10)11(2)17-16(19)9-12-7-13-4-5-14(8-12)18-13/h3,6,11-14,18H,4-5,7-9H2,1-2H3,(H,17,19). The van der Waals surface area contributed by atoms with Gasteiger partial charge in [0, 0.05) is 18.5 Å². The summed E-state index contributed by atoms with van der Waals surface area (Å²) in [5.41, 5.74) is 0. The highest BCUT2D eigenvalue weighted by Crippen LogP contribution is 2.32. The first-order valence-corrected chi connectivity index (χ1v) is 7.72. The van der Waals surface area contributed by atoms with Crippen molar-refractivity contribution in [3.05, 3.63) is 23.7 Å². The second kappa shape index (κ2) is 5.60. The van der Waals surface area contributed by atoms with Crippen LogP contribution >= 0.6 is 0 Å². The summed E-state index contributed by atoms with van der Waals surface area (Å²) in [6.45, 7) is 3.89. The third-order valence-corrected chi connectivity index (χ3v) is 4.61. The van der Waals surface area contributed by atoms with Gasteiger partial charge in [0.1, 0.15) is 11.5 Å².